The highest BCUT2D eigenvalue weighted by atomic mass is 32.2. The van der Waals surface area contributed by atoms with Gasteiger partial charge in [0.1, 0.15) is 0 Å². The number of ether oxygens (including phenoxy) is 1. The standard InChI is InChI=1S/C27H40N2O5S/c1-3-25(31)28-13-11-27(12-14-28)18-29(35(32,33)21-7-5-4-6-8-21)24(17-30)23-16-19-15-20(34-2)9-10-22(19)26(23)27/h4-8,19-20,22-24,26,30H,3,9-18H2,1-2H3/t19?,20?,22?,23?,24-,26?/m0/s1. The van der Waals surface area contributed by atoms with E-state index in [0.29, 0.717) is 48.7 Å². The van der Waals surface area contributed by atoms with Crippen LogP contribution in [0.1, 0.15) is 51.9 Å². The maximum atomic E-state index is 13.9. The summed E-state index contributed by atoms with van der Waals surface area (Å²) in [7, 11) is -1.96. The van der Waals surface area contributed by atoms with Gasteiger partial charge in [-0.2, -0.15) is 4.31 Å². The number of carbonyl (C=O) groups excluding carboxylic acids is 1. The van der Waals surface area contributed by atoms with E-state index in [-0.39, 0.29) is 30.0 Å². The summed E-state index contributed by atoms with van der Waals surface area (Å²) in [6, 6.07) is 8.24. The third-order valence-electron chi connectivity index (χ3n) is 9.82. The van der Waals surface area contributed by atoms with Gasteiger partial charge in [-0.05, 0) is 79.7 Å². The van der Waals surface area contributed by atoms with Gasteiger partial charge in [0.05, 0.1) is 23.6 Å². The van der Waals surface area contributed by atoms with Gasteiger partial charge in [0.2, 0.25) is 15.9 Å². The second kappa shape index (κ2) is 9.77. The number of aliphatic hydroxyl groups is 1. The van der Waals surface area contributed by atoms with Gasteiger partial charge in [-0.3, -0.25) is 4.79 Å². The molecule has 5 unspecified atom stereocenters. The van der Waals surface area contributed by atoms with E-state index in [9.17, 15) is 18.3 Å². The summed E-state index contributed by atoms with van der Waals surface area (Å²) in [6.45, 7) is 3.56. The van der Waals surface area contributed by atoms with Crippen LogP contribution in [-0.4, -0.2) is 74.1 Å². The lowest BCUT2D eigenvalue weighted by Crippen LogP contribution is -2.63. The first-order valence-corrected chi connectivity index (χ1v) is 14.8. The van der Waals surface area contributed by atoms with E-state index in [4.69, 9.17) is 4.74 Å². The molecule has 1 N–H and O–H groups in total. The van der Waals surface area contributed by atoms with E-state index in [0.717, 1.165) is 38.5 Å². The van der Waals surface area contributed by atoms with Crippen LogP contribution < -0.4 is 0 Å². The number of piperidine rings is 2. The van der Waals surface area contributed by atoms with Crippen molar-refractivity contribution in [1.82, 2.24) is 9.21 Å². The molecule has 2 aliphatic carbocycles. The topological polar surface area (TPSA) is 87.2 Å². The zero-order chi connectivity index (χ0) is 24.8. The number of likely N-dealkylation sites (tertiary alicyclic amines) is 1. The van der Waals surface area contributed by atoms with E-state index in [1.54, 1.807) is 35.7 Å². The van der Waals surface area contributed by atoms with Crippen molar-refractivity contribution in [2.24, 2.45) is 29.1 Å². The predicted octanol–water partition coefficient (Wildman–Crippen LogP) is 3.14. The average molecular weight is 505 g/mol. The fraction of sp³-hybridized carbons (Fsp3) is 0.741. The van der Waals surface area contributed by atoms with Gasteiger partial charge >= 0.3 is 0 Å². The monoisotopic (exact) mass is 504 g/mol. The van der Waals surface area contributed by atoms with Crippen molar-refractivity contribution in [2.75, 3.05) is 33.4 Å². The molecule has 1 spiro atoms. The molecular weight excluding hydrogens is 464 g/mol. The van der Waals surface area contributed by atoms with E-state index >= 15 is 0 Å². The van der Waals surface area contributed by atoms with Gasteiger partial charge in [0.25, 0.3) is 0 Å². The Kier molecular flexibility index (Phi) is 7.03. The minimum atomic E-state index is -3.75. The average Bonchev–Trinajstić information content (AvgIpc) is 3.28. The van der Waals surface area contributed by atoms with Crippen LogP contribution in [0.3, 0.4) is 0 Å². The first kappa shape index (κ1) is 25.2. The van der Waals surface area contributed by atoms with Gasteiger partial charge < -0.3 is 14.7 Å². The summed E-state index contributed by atoms with van der Waals surface area (Å²) in [5, 5.41) is 10.6. The van der Waals surface area contributed by atoms with Gasteiger partial charge in [-0.15, -0.1) is 0 Å². The Morgan fingerprint density at radius 1 is 1.11 bits per heavy atom. The summed E-state index contributed by atoms with van der Waals surface area (Å²) in [5.74, 6) is 1.73. The number of amides is 1. The molecule has 8 heteroatoms. The normalized spacial score (nSPS) is 35.0. The summed E-state index contributed by atoms with van der Waals surface area (Å²) in [5.41, 5.74) is -0.165. The SMILES string of the molecule is CCC(=O)N1CCC2(CC1)CN(S(=O)(=O)c1ccccc1)[C@@H](CO)C1CC3CC(OC)CCC3C12. The quantitative estimate of drug-likeness (QED) is 0.666. The zero-order valence-corrected chi connectivity index (χ0v) is 21.8. The number of hydrogen-bond donors (Lipinski definition) is 1. The molecule has 2 saturated heterocycles. The number of hydrogen-bond acceptors (Lipinski definition) is 5. The van der Waals surface area contributed by atoms with Crippen LogP contribution in [0.4, 0.5) is 0 Å². The fourth-order valence-electron chi connectivity index (χ4n) is 8.20. The molecule has 1 aromatic rings. The summed E-state index contributed by atoms with van der Waals surface area (Å²) >= 11 is 0. The van der Waals surface area contributed by atoms with Crippen molar-refractivity contribution in [3.05, 3.63) is 30.3 Å². The highest BCUT2D eigenvalue weighted by Gasteiger charge is 2.62. The highest BCUT2D eigenvalue weighted by Crippen LogP contribution is 2.62. The van der Waals surface area contributed by atoms with Gasteiger partial charge in [0.15, 0.2) is 0 Å². The molecule has 2 heterocycles. The fourth-order valence-corrected chi connectivity index (χ4v) is 9.98. The third kappa shape index (κ3) is 4.24. The maximum absolute atomic E-state index is 13.9. The number of carbonyl (C=O) groups is 1. The molecule has 7 nitrogen and oxygen atoms in total. The van der Waals surface area contributed by atoms with Gasteiger partial charge in [0, 0.05) is 33.2 Å². The second-order valence-corrected chi connectivity index (χ2v) is 13.1. The van der Waals surface area contributed by atoms with E-state index in [1.165, 1.54) is 0 Å². The van der Waals surface area contributed by atoms with Crippen molar-refractivity contribution < 1.29 is 23.1 Å². The minimum absolute atomic E-state index is 0.131. The maximum Gasteiger partial charge on any atom is 0.243 e. The molecule has 5 rings (SSSR count). The number of rotatable bonds is 5. The molecule has 1 amide bonds. The number of fused-ring (bicyclic) bond motifs is 4. The Labute approximate surface area is 209 Å². The molecular formula is C27H40N2O5S. The Morgan fingerprint density at radius 3 is 2.46 bits per heavy atom. The molecule has 4 fully saturated rings. The van der Waals surface area contributed by atoms with Crippen molar-refractivity contribution in [2.45, 2.75) is 68.9 Å². The molecule has 2 aliphatic heterocycles. The molecule has 0 bridgehead atoms. The lowest BCUT2D eigenvalue weighted by atomic mass is 9.57. The Bertz CT molecular complexity index is 1010. The minimum Gasteiger partial charge on any atom is -0.395 e. The number of sulfonamides is 1. The molecule has 2 saturated carbocycles. The van der Waals surface area contributed by atoms with Crippen LogP contribution in [0, 0.1) is 29.1 Å². The Balaban J connectivity index is 1.53. The highest BCUT2D eigenvalue weighted by molar-refractivity contribution is 7.89. The lowest BCUT2D eigenvalue weighted by Gasteiger charge is -2.57. The van der Waals surface area contributed by atoms with Crippen LogP contribution in [0.2, 0.25) is 0 Å². The Hall–Kier alpha value is -1.48. The predicted molar refractivity (Wildman–Crippen MR) is 133 cm³/mol. The van der Waals surface area contributed by atoms with Crippen LogP contribution >= 0.6 is 0 Å². The van der Waals surface area contributed by atoms with E-state index < -0.39 is 16.1 Å². The smallest absolute Gasteiger partial charge is 0.243 e. The first-order valence-electron chi connectivity index (χ1n) is 13.3. The number of aliphatic hydroxyl groups excluding tert-OH is 1. The molecule has 194 valence electrons. The van der Waals surface area contributed by atoms with E-state index in [1.807, 2.05) is 17.9 Å². The molecule has 1 aromatic carbocycles. The van der Waals surface area contributed by atoms with Crippen molar-refractivity contribution in [3.8, 4) is 0 Å². The summed E-state index contributed by atoms with van der Waals surface area (Å²) in [6.07, 6.45) is 6.55. The number of nitrogens with zero attached hydrogens (tertiary/aromatic N) is 2. The zero-order valence-electron chi connectivity index (χ0n) is 21.0. The number of benzene rings is 1. The van der Waals surface area contributed by atoms with Crippen molar-refractivity contribution in [3.63, 3.8) is 0 Å². The largest absolute Gasteiger partial charge is 0.395 e. The van der Waals surface area contributed by atoms with Crippen LogP contribution in [-0.2, 0) is 19.6 Å². The van der Waals surface area contributed by atoms with Crippen molar-refractivity contribution in [1.29, 1.82) is 0 Å². The third-order valence-corrected chi connectivity index (χ3v) is 11.7. The molecule has 35 heavy (non-hydrogen) atoms. The summed E-state index contributed by atoms with van der Waals surface area (Å²) in [4.78, 5) is 14.7. The lowest BCUT2D eigenvalue weighted by molar-refractivity contribution is -0.137. The molecule has 0 aromatic heterocycles. The summed E-state index contributed by atoms with van der Waals surface area (Å²) < 4.78 is 35.2. The van der Waals surface area contributed by atoms with Crippen LogP contribution in [0.15, 0.2) is 35.2 Å². The molecule has 0 radical (unpaired) electrons. The van der Waals surface area contributed by atoms with Crippen LogP contribution in [0.5, 0.6) is 0 Å². The van der Waals surface area contributed by atoms with Gasteiger partial charge in [-0.25, -0.2) is 8.42 Å². The van der Waals surface area contributed by atoms with Crippen LogP contribution in [0.25, 0.3) is 0 Å². The molecule has 6 atom stereocenters. The second-order valence-electron chi connectivity index (χ2n) is 11.2. The van der Waals surface area contributed by atoms with Crippen molar-refractivity contribution >= 4 is 15.9 Å². The van der Waals surface area contributed by atoms with E-state index in [2.05, 4.69) is 0 Å². The molecule has 4 aliphatic rings. The van der Waals surface area contributed by atoms with Gasteiger partial charge in [-0.1, -0.05) is 25.1 Å². The number of methoxy groups -OCH3 is 1. The first-order chi connectivity index (χ1) is 16.8. The Morgan fingerprint density at radius 2 is 1.83 bits per heavy atom.